The number of rotatable bonds is 6. The van der Waals surface area contributed by atoms with E-state index in [-0.39, 0.29) is 17.7 Å². The lowest BCUT2D eigenvalue weighted by Crippen LogP contribution is -2.38. The zero-order chi connectivity index (χ0) is 23.4. The highest BCUT2D eigenvalue weighted by molar-refractivity contribution is 7.99. The van der Waals surface area contributed by atoms with Gasteiger partial charge in [-0.2, -0.15) is 16.9 Å². The molecule has 0 saturated carbocycles. The quantitative estimate of drug-likeness (QED) is 0.535. The summed E-state index contributed by atoms with van der Waals surface area (Å²) < 4.78 is 1.78. The lowest BCUT2D eigenvalue weighted by molar-refractivity contribution is -0.130. The van der Waals surface area contributed by atoms with Crippen LogP contribution in [0.25, 0.3) is 5.69 Å². The molecule has 1 aromatic heterocycles. The molecule has 172 valence electrons. The Morgan fingerprint density at radius 3 is 2.36 bits per heavy atom. The second-order valence-corrected chi connectivity index (χ2v) is 9.97. The van der Waals surface area contributed by atoms with E-state index in [9.17, 15) is 9.59 Å². The Labute approximate surface area is 203 Å². The second kappa shape index (κ2) is 10.4. The maximum absolute atomic E-state index is 13.1. The van der Waals surface area contributed by atoms with E-state index in [1.54, 1.807) is 23.0 Å². The summed E-state index contributed by atoms with van der Waals surface area (Å²) >= 11 is 7.90. The van der Waals surface area contributed by atoms with Crippen LogP contribution in [0.5, 0.6) is 0 Å². The van der Waals surface area contributed by atoms with Crippen LogP contribution >= 0.6 is 23.4 Å². The van der Waals surface area contributed by atoms with Gasteiger partial charge in [-0.05, 0) is 47.9 Å². The van der Waals surface area contributed by atoms with E-state index >= 15 is 0 Å². The topological polar surface area (TPSA) is 67.2 Å². The number of carbonyl (C=O) groups is 2. The van der Waals surface area contributed by atoms with Crippen molar-refractivity contribution in [2.45, 2.75) is 26.2 Å². The van der Waals surface area contributed by atoms with Crippen molar-refractivity contribution >= 4 is 40.9 Å². The van der Waals surface area contributed by atoms with Crippen LogP contribution in [0.1, 0.15) is 41.4 Å². The van der Waals surface area contributed by atoms with Gasteiger partial charge in [0.05, 0.1) is 29.6 Å². The molecular weight excluding hydrogens is 456 g/mol. The second-order valence-electron chi connectivity index (χ2n) is 8.31. The summed E-state index contributed by atoms with van der Waals surface area (Å²) in [6.45, 7) is 5.71. The van der Waals surface area contributed by atoms with E-state index in [2.05, 4.69) is 10.4 Å². The molecule has 6 nitrogen and oxygen atoms in total. The highest BCUT2D eigenvalue weighted by Crippen LogP contribution is 2.25. The standard InChI is InChI=1S/C25H27ClN4O2S/c1-17(2)24-22(16-27-30(24)21-9-5-19(26)6-10-21)25(32)28-20-7-3-18(4-8-20)15-23(31)29-11-13-33-14-12-29/h3-10,16-17H,11-15H2,1-2H3,(H,28,32). The molecule has 0 bridgehead atoms. The van der Waals surface area contributed by atoms with Crippen LogP contribution in [0.15, 0.2) is 54.7 Å². The van der Waals surface area contributed by atoms with Crippen molar-refractivity contribution in [1.82, 2.24) is 14.7 Å². The summed E-state index contributed by atoms with van der Waals surface area (Å²) in [6.07, 6.45) is 1.98. The molecule has 0 atom stereocenters. The summed E-state index contributed by atoms with van der Waals surface area (Å²) in [4.78, 5) is 27.5. The zero-order valence-corrected chi connectivity index (χ0v) is 20.3. The highest BCUT2D eigenvalue weighted by atomic mass is 35.5. The molecule has 4 rings (SSSR count). The Morgan fingerprint density at radius 1 is 1.06 bits per heavy atom. The monoisotopic (exact) mass is 482 g/mol. The molecular formula is C25H27ClN4O2S. The van der Waals surface area contributed by atoms with E-state index < -0.39 is 0 Å². The van der Waals surface area contributed by atoms with Gasteiger partial charge in [0.1, 0.15) is 0 Å². The first kappa shape index (κ1) is 23.4. The van der Waals surface area contributed by atoms with Crippen molar-refractivity contribution in [3.63, 3.8) is 0 Å². The molecule has 0 radical (unpaired) electrons. The maximum atomic E-state index is 13.1. The number of hydrogen-bond acceptors (Lipinski definition) is 4. The Kier molecular flexibility index (Phi) is 7.40. The number of amides is 2. The molecule has 1 fully saturated rings. The van der Waals surface area contributed by atoms with E-state index in [0.717, 1.165) is 41.5 Å². The molecule has 1 aliphatic rings. The van der Waals surface area contributed by atoms with Crippen LogP contribution in [0.3, 0.4) is 0 Å². The van der Waals surface area contributed by atoms with Crippen molar-refractivity contribution in [1.29, 1.82) is 0 Å². The van der Waals surface area contributed by atoms with Crippen LogP contribution in [0.4, 0.5) is 5.69 Å². The first-order valence-corrected chi connectivity index (χ1v) is 12.6. The van der Waals surface area contributed by atoms with Crippen LogP contribution in [0.2, 0.25) is 5.02 Å². The van der Waals surface area contributed by atoms with Gasteiger partial charge >= 0.3 is 0 Å². The van der Waals surface area contributed by atoms with Gasteiger partial charge in [0, 0.05) is 35.3 Å². The zero-order valence-electron chi connectivity index (χ0n) is 18.8. The summed E-state index contributed by atoms with van der Waals surface area (Å²) in [5.41, 5.74) is 3.83. The van der Waals surface area contributed by atoms with Gasteiger partial charge in [0.25, 0.3) is 5.91 Å². The molecule has 33 heavy (non-hydrogen) atoms. The Morgan fingerprint density at radius 2 is 1.73 bits per heavy atom. The third kappa shape index (κ3) is 5.60. The summed E-state index contributed by atoms with van der Waals surface area (Å²) in [5, 5.41) is 8.07. The third-order valence-corrected chi connectivity index (χ3v) is 6.79. The van der Waals surface area contributed by atoms with Crippen molar-refractivity contribution in [2.24, 2.45) is 0 Å². The smallest absolute Gasteiger partial charge is 0.259 e. The molecule has 3 aromatic rings. The van der Waals surface area contributed by atoms with Gasteiger partial charge in [0.2, 0.25) is 5.91 Å². The number of nitrogens with one attached hydrogen (secondary N) is 1. The van der Waals surface area contributed by atoms with Crippen LogP contribution in [0, 0.1) is 0 Å². The van der Waals surface area contributed by atoms with Crippen molar-refractivity contribution < 1.29 is 9.59 Å². The Hall–Kier alpha value is -2.77. The summed E-state index contributed by atoms with van der Waals surface area (Å²) in [5.74, 6) is 2.04. The minimum Gasteiger partial charge on any atom is -0.341 e. The molecule has 0 aliphatic carbocycles. The van der Waals surface area contributed by atoms with Crippen molar-refractivity contribution in [2.75, 3.05) is 29.9 Å². The number of hydrogen-bond donors (Lipinski definition) is 1. The van der Waals surface area contributed by atoms with Crippen LogP contribution in [-0.2, 0) is 11.2 Å². The fraction of sp³-hybridized carbons (Fsp3) is 0.320. The van der Waals surface area contributed by atoms with Crippen LogP contribution in [-0.4, -0.2) is 51.1 Å². The number of halogens is 1. The van der Waals surface area contributed by atoms with Gasteiger partial charge in [-0.3, -0.25) is 9.59 Å². The van der Waals surface area contributed by atoms with Gasteiger partial charge in [0.15, 0.2) is 0 Å². The Balaban J connectivity index is 1.46. The third-order valence-electron chi connectivity index (χ3n) is 5.60. The molecule has 8 heteroatoms. The number of thioether (sulfide) groups is 1. The number of nitrogens with zero attached hydrogens (tertiary/aromatic N) is 3. The summed E-state index contributed by atoms with van der Waals surface area (Å²) in [7, 11) is 0. The fourth-order valence-corrected chi connectivity index (χ4v) is 4.91. The van der Waals surface area contributed by atoms with Gasteiger partial charge in [-0.25, -0.2) is 4.68 Å². The minimum atomic E-state index is -0.214. The summed E-state index contributed by atoms with van der Waals surface area (Å²) in [6, 6.07) is 14.8. The predicted octanol–water partition coefficient (Wildman–Crippen LogP) is 5.02. The molecule has 1 N–H and O–H groups in total. The maximum Gasteiger partial charge on any atom is 0.259 e. The fourth-order valence-electron chi connectivity index (χ4n) is 3.88. The van der Waals surface area contributed by atoms with E-state index in [1.807, 2.05) is 66.9 Å². The number of anilines is 1. The van der Waals surface area contributed by atoms with Crippen molar-refractivity contribution in [3.05, 3.63) is 76.6 Å². The number of benzene rings is 2. The number of aromatic nitrogens is 2. The average Bonchev–Trinajstić information content (AvgIpc) is 3.27. The molecule has 2 amide bonds. The van der Waals surface area contributed by atoms with Gasteiger partial charge in [-0.1, -0.05) is 37.6 Å². The largest absolute Gasteiger partial charge is 0.341 e. The molecule has 0 unspecified atom stereocenters. The van der Waals surface area contributed by atoms with Gasteiger partial charge < -0.3 is 10.2 Å². The van der Waals surface area contributed by atoms with E-state index in [1.165, 1.54) is 0 Å². The highest BCUT2D eigenvalue weighted by Gasteiger charge is 2.21. The predicted molar refractivity (Wildman–Crippen MR) is 135 cm³/mol. The van der Waals surface area contributed by atoms with Crippen molar-refractivity contribution in [3.8, 4) is 5.69 Å². The Bertz CT molecular complexity index is 1120. The first-order valence-electron chi connectivity index (χ1n) is 11.0. The number of carbonyl (C=O) groups excluding carboxylic acids is 2. The van der Waals surface area contributed by atoms with E-state index in [0.29, 0.717) is 22.7 Å². The molecule has 2 heterocycles. The molecule has 0 spiro atoms. The molecule has 2 aromatic carbocycles. The van der Waals surface area contributed by atoms with Gasteiger partial charge in [-0.15, -0.1) is 0 Å². The minimum absolute atomic E-state index is 0.0884. The first-order chi connectivity index (χ1) is 15.9. The lowest BCUT2D eigenvalue weighted by atomic mass is 10.0. The normalized spacial score (nSPS) is 13.9. The lowest BCUT2D eigenvalue weighted by Gasteiger charge is -2.26. The average molecular weight is 483 g/mol. The van der Waals surface area contributed by atoms with Crippen LogP contribution < -0.4 is 5.32 Å². The molecule has 1 saturated heterocycles. The molecule has 1 aliphatic heterocycles. The SMILES string of the molecule is CC(C)c1c(C(=O)Nc2ccc(CC(=O)N3CCSCC3)cc2)cnn1-c1ccc(Cl)cc1. The van der Waals surface area contributed by atoms with E-state index in [4.69, 9.17) is 11.6 Å².